The Kier molecular flexibility index (Phi) is 4.39. The lowest BCUT2D eigenvalue weighted by atomic mass is 10.1. The van der Waals surface area contributed by atoms with Crippen LogP contribution in [0, 0.1) is 5.82 Å². The van der Waals surface area contributed by atoms with Gasteiger partial charge in [-0.05, 0) is 42.5 Å². The number of amides is 1. The zero-order chi connectivity index (χ0) is 15.4. The summed E-state index contributed by atoms with van der Waals surface area (Å²) in [5, 5.41) is 14.0. The van der Waals surface area contributed by atoms with Crippen molar-refractivity contribution in [2.24, 2.45) is 10.9 Å². The highest BCUT2D eigenvalue weighted by Gasteiger charge is 2.09. The first-order chi connectivity index (χ1) is 10.0. The maximum absolute atomic E-state index is 13.3. The maximum Gasteiger partial charge on any atom is 0.255 e. The summed E-state index contributed by atoms with van der Waals surface area (Å²) in [4.78, 5) is 11.9. The second kappa shape index (κ2) is 6.23. The summed E-state index contributed by atoms with van der Waals surface area (Å²) in [5.41, 5.74) is 6.57. The fourth-order valence-corrected chi connectivity index (χ4v) is 1.74. The zero-order valence-electron chi connectivity index (χ0n) is 10.7. The highest BCUT2D eigenvalue weighted by atomic mass is 35.5. The SMILES string of the molecule is N/C(=N/O)c1ccc(NC(=O)c2ccc(Cl)c(F)c2)cc1. The Balaban J connectivity index is 2.14. The predicted octanol–water partition coefficient (Wildman–Crippen LogP) is 2.83. The molecule has 7 heteroatoms. The number of anilines is 1. The molecule has 0 radical (unpaired) electrons. The fourth-order valence-electron chi connectivity index (χ4n) is 1.62. The van der Waals surface area contributed by atoms with Crippen molar-refractivity contribution in [3.05, 3.63) is 64.4 Å². The van der Waals surface area contributed by atoms with Crippen LogP contribution < -0.4 is 11.1 Å². The van der Waals surface area contributed by atoms with Crippen LogP contribution in [-0.2, 0) is 0 Å². The van der Waals surface area contributed by atoms with Crippen molar-refractivity contribution < 1.29 is 14.4 Å². The highest BCUT2D eigenvalue weighted by Crippen LogP contribution is 2.17. The Labute approximate surface area is 124 Å². The molecule has 108 valence electrons. The number of nitrogens with two attached hydrogens (primary N) is 1. The molecule has 0 aliphatic rings. The molecular weight excluding hydrogens is 297 g/mol. The topological polar surface area (TPSA) is 87.7 Å². The zero-order valence-corrected chi connectivity index (χ0v) is 11.4. The quantitative estimate of drug-likeness (QED) is 0.352. The number of hydrogen-bond acceptors (Lipinski definition) is 3. The summed E-state index contributed by atoms with van der Waals surface area (Å²) in [6, 6.07) is 10.1. The number of oxime groups is 1. The lowest BCUT2D eigenvalue weighted by Gasteiger charge is -2.06. The molecule has 0 atom stereocenters. The van der Waals surface area contributed by atoms with E-state index >= 15 is 0 Å². The van der Waals surface area contributed by atoms with Crippen molar-refractivity contribution in [1.29, 1.82) is 0 Å². The van der Waals surface area contributed by atoms with Gasteiger partial charge in [-0.15, -0.1) is 0 Å². The fraction of sp³-hybridized carbons (Fsp3) is 0. The molecule has 0 aliphatic carbocycles. The number of halogens is 2. The van der Waals surface area contributed by atoms with Gasteiger partial charge in [0.1, 0.15) is 5.82 Å². The van der Waals surface area contributed by atoms with Gasteiger partial charge in [0.15, 0.2) is 5.84 Å². The first-order valence-corrected chi connectivity index (χ1v) is 6.23. The van der Waals surface area contributed by atoms with E-state index in [0.29, 0.717) is 11.3 Å². The van der Waals surface area contributed by atoms with Crippen LogP contribution in [0.25, 0.3) is 0 Å². The molecule has 2 rings (SSSR count). The number of hydrogen-bond donors (Lipinski definition) is 3. The van der Waals surface area contributed by atoms with E-state index < -0.39 is 11.7 Å². The van der Waals surface area contributed by atoms with E-state index in [1.807, 2.05) is 0 Å². The van der Waals surface area contributed by atoms with Gasteiger partial charge in [0.05, 0.1) is 5.02 Å². The van der Waals surface area contributed by atoms with Gasteiger partial charge in [0.2, 0.25) is 0 Å². The van der Waals surface area contributed by atoms with Crippen LogP contribution in [0.2, 0.25) is 5.02 Å². The number of amidine groups is 1. The van der Waals surface area contributed by atoms with Crippen LogP contribution in [0.1, 0.15) is 15.9 Å². The van der Waals surface area contributed by atoms with Crippen molar-refractivity contribution in [2.75, 3.05) is 5.32 Å². The molecule has 2 aromatic rings. The molecule has 0 fully saturated rings. The minimum absolute atomic E-state index is 0.0346. The van der Waals surface area contributed by atoms with E-state index in [0.717, 1.165) is 6.07 Å². The molecule has 0 aliphatic heterocycles. The van der Waals surface area contributed by atoms with Crippen LogP contribution in [0.5, 0.6) is 0 Å². The monoisotopic (exact) mass is 307 g/mol. The Morgan fingerprint density at radius 3 is 2.38 bits per heavy atom. The van der Waals surface area contributed by atoms with E-state index in [1.54, 1.807) is 24.3 Å². The van der Waals surface area contributed by atoms with Crippen LogP contribution >= 0.6 is 11.6 Å². The van der Waals surface area contributed by atoms with E-state index in [-0.39, 0.29) is 16.4 Å². The van der Waals surface area contributed by atoms with E-state index in [1.165, 1.54) is 12.1 Å². The molecule has 0 aromatic heterocycles. The number of benzene rings is 2. The van der Waals surface area contributed by atoms with Gasteiger partial charge >= 0.3 is 0 Å². The van der Waals surface area contributed by atoms with Gasteiger partial charge in [0, 0.05) is 16.8 Å². The average molecular weight is 308 g/mol. The molecule has 21 heavy (non-hydrogen) atoms. The summed E-state index contributed by atoms with van der Waals surface area (Å²) in [6.07, 6.45) is 0. The van der Waals surface area contributed by atoms with Crippen molar-refractivity contribution in [2.45, 2.75) is 0 Å². The average Bonchev–Trinajstić information content (AvgIpc) is 2.50. The third-order valence-electron chi connectivity index (χ3n) is 2.73. The molecule has 5 nitrogen and oxygen atoms in total. The van der Waals surface area contributed by atoms with Gasteiger partial charge < -0.3 is 16.3 Å². The molecule has 2 aromatic carbocycles. The predicted molar refractivity (Wildman–Crippen MR) is 78.3 cm³/mol. The molecule has 4 N–H and O–H groups in total. The lowest BCUT2D eigenvalue weighted by Crippen LogP contribution is -2.14. The Hall–Kier alpha value is -2.60. The van der Waals surface area contributed by atoms with Crippen LogP contribution in [0.4, 0.5) is 10.1 Å². The Bertz CT molecular complexity index is 702. The normalized spacial score (nSPS) is 11.2. The van der Waals surface area contributed by atoms with E-state index in [2.05, 4.69) is 10.5 Å². The van der Waals surface area contributed by atoms with Gasteiger partial charge in [-0.2, -0.15) is 0 Å². The minimum Gasteiger partial charge on any atom is -0.409 e. The highest BCUT2D eigenvalue weighted by molar-refractivity contribution is 6.30. The molecular formula is C14H11ClFN3O2. The van der Waals surface area contributed by atoms with Crippen molar-refractivity contribution in [1.82, 2.24) is 0 Å². The molecule has 0 heterocycles. The molecule has 0 saturated heterocycles. The van der Waals surface area contributed by atoms with Gasteiger partial charge in [-0.1, -0.05) is 16.8 Å². The smallest absolute Gasteiger partial charge is 0.255 e. The number of carbonyl (C=O) groups is 1. The van der Waals surface area contributed by atoms with Gasteiger partial charge in [-0.3, -0.25) is 4.79 Å². The van der Waals surface area contributed by atoms with Gasteiger partial charge in [-0.25, -0.2) is 4.39 Å². The lowest BCUT2D eigenvalue weighted by molar-refractivity contribution is 0.102. The summed E-state index contributed by atoms with van der Waals surface area (Å²) < 4.78 is 13.3. The first-order valence-electron chi connectivity index (χ1n) is 5.85. The Morgan fingerprint density at radius 2 is 1.81 bits per heavy atom. The number of carbonyl (C=O) groups excluding carboxylic acids is 1. The first kappa shape index (κ1) is 14.8. The summed E-state index contributed by atoms with van der Waals surface area (Å²) >= 11 is 5.56. The second-order valence-corrected chi connectivity index (χ2v) is 4.55. The summed E-state index contributed by atoms with van der Waals surface area (Å²) in [5.74, 6) is -1.17. The number of nitrogens with one attached hydrogen (secondary N) is 1. The van der Waals surface area contributed by atoms with Gasteiger partial charge in [0.25, 0.3) is 5.91 Å². The molecule has 0 bridgehead atoms. The van der Waals surface area contributed by atoms with E-state index in [9.17, 15) is 9.18 Å². The number of rotatable bonds is 3. The van der Waals surface area contributed by atoms with Crippen LogP contribution in [-0.4, -0.2) is 17.0 Å². The second-order valence-electron chi connectivity index (χ2n) is 4.15. The Morgan fingerprint density at radius 1 is 1.19 bits per heavy atom. The van der Waals surface area contributed by atoms with Crippen LogP contribution in [0.3, 0.4) is 0 Å². The molecule has 1 amide bonds. The van der Waals surface area contributed by atoms with Crippen LogP contribution in [0.15, 0.2) is 47.6 Å². The molecule has 0 spiro atoms. The van der Waals surface area contributed by atoms with E-state index in [4.69, 9.17) is 22.5 Å². The number of nitrogens with zero attached hydrogens (tertiary/aromatic N) is 1. The maximum atomic E-state index is 13.3. The van der Waals surface area contributed by atoms with Crippen molar-refractivity contribution >= 4 is 29.0 Å². The largest absolute Gasteiger partial charge is 0.409 e. The molecule has 0 unspecified atom stereocenters. The standard InChI is InChI=1S/C14H11ClFN3O2/c15-11-6-3-9(7-12(11)16)14(20)18-10-4-1-8(2-5-10)13(17)19-21/h1-7,21H,(H2,17,19)(H,18,20). The summed E-state index contributed by atoms with van der Waals surface area (Å²) in [6.45, 7) is 0. The molecule has 0 saturated carbocycles. The minimum atomic E-state index is -0.661. The van der Waals surface area contributed by atoms with Crippen molar-refractivity contribution in [3.63, 3.8) is 0 Å². The third-order valence-corrected chi connectivity index (χ3v) is 3.03. The summed E-state index contributed by atoms with van der Waals surface area (Å²) in [7, 11) is 0. The van der Waals surface area contributed by atoms with Crippen molar-refractivity contribution in [3.8, 4) is 0 Å². The third kappa shape index (κ3) is 3.49.